The highest BCUT2D eigenvalue weighted by molar-refractivity contribution is 5.85. The summed E-state index contributed by atoms with van der Waals surface area (Å²) in [5, 5.41) is 11.9. The molecule has 0 saturated carbocycles. The normalized spacial score (nSPS) is 10.7. The fraction of sp³-hybridized carbons (Fsp3) is 0.0667. The van der Waals surface area contributed by atoms with E-state index in [1.807, 2.05) is 36.4 Å². The third-order valence-electron chi connectivity index (χ3n) is 2.80. The number of phenols is 1. The van der Waals surface area contributed by atoms with Crippen molar-refractivity contribution >= 4 is 10.8 Å². The zero-order valence-electron chi connectivity index (χ0n) is 9.67. The van der Waals surface area contributed by atoms with Crippen LogP contribution in [-0.4, -0.2) is 5.11 Å². The van der Waals surface area contributed by atoms with E-state index >= 15 is 0 Å². The van der Waals surface area contributed by atoms with Gasteiger partial charge >= 0.3 is 0 Å². The molecule has 0 aliphatic heterocycles. The van der Waals surface area contributed by atoms with Crippen LogP contribution in [0.5, 0.6) is 11.5 Å². The van der Waals surface area contributed by atoms with Crippen molar-refractivity contribution in [2.75, 3.05) is 0 Å². The van der Waals surface area contributed by atoms with Crippen molar-refractivity contribution in [1.82, 2.24) is 0 Å². The molecule has 0 atom stereocenters. The molecule has 0 unspecified atom stereocenters. The van der Waals surface area contributed by atoms with Crippen LogP contribution in [0.25, 0.3) is 10.8 Å². The molecule has 0 radical (unpaired) electrons. The Bertz CT molecular complexity index is 657. The van der Waals surface area contributed by atoms with Gasteiger partial charge in [0.2, 0.25) is 0 Å². The Kier molecular flexibility index (Phi) is 2.65. The lowest BCUT2D eigenvalue weighted by Crippen LogP contribution is -1.94. The molecule has 2 aromatic carbocycles. The van der Waals surface area contributed by atoms with Crippen LogP contribution < -0.4 is 4.74 Å². The van der Waals surface area contributed by atoms with Crippen LogP contribution in [0.2, 0.25) is 0 Å². The van der Waals surface area contributed by atoms with Crippen LogP contribution in [0, 0.1) is 0 Å². The Balaban J connectivity index is 1.89. The van der Waals surface area contributed by atoms with Crippen LogP contribution in [0.3, 0.4) is 0 Å². The monoisotopic (exact) mass is 240 g/mol. The van der Waals surface area contributed by atoms with Gasteiger partial charge in [0.05, 0.1) is 12.5 Å². The summed E-state index contributed by atoms with van der Waals surface area (Å²) in [5.41, 5.74) is 0.933. The van der Waals surface area contributed by atoms with Gasteiger partial charge < -0.3 is 14.3 Å². The molecule has 90 valence electrons. The van der Waals surface area contributed by atoms with Crippen LogP contribution in [0.15, 0.2) is 59.4 Å². The summed E-state index contributed by atoms with van der Waals surface area (Å²) in [5.74, 6) is 0.632. The third kappa shape index (κ3) is 2.02. The molecule has 0 aliphatic carbocycles. The Morgan fingerprint density at radius 3 is 2.56 bits per heavy atom. The topological polar surface area (TPSA) is 42.6 Å². The summed E-state index contributed by atoms with van der Waals surface area (Å²) in [7, 11) is 0. The standard InChI is InChI=1S/C15H12O3/c16-14-7-12-3-1-2-4-13(12)8-15(14)18-10-11-5-6-17-9-11/h1-9,16H,10H2. The molecule has 0 amide bonds. The first-order chi connectivity index (χ1) is 8.83. The first kappa shape index (κ1) is 10.7. The maximum absolute atomic E-state index is 9.89. The summed E-state index contributed by atoms with van der Waals surface area (Å²) in [4.78, 5) is 0. The van der Waals surface area contributed by atoms with Crippen molar-refractivity contribution in [3.05, 3.63) is 60.6 Å². The van der Waals surface area contributed by atoms with E-state index in [9.17, 15) is 5.11 Å². The van der Waals surface area contributed by atoms with Crippen LogP contribution >= 0.6 is 0 Å². The maximum atomic E-state index is 9.89. The van der Waals surface area contributed by atoms with Crippen molar-refractivity contribution in [3.63, 3.8) is 0 Å². The number of rotatable bonds is 3. The van der Waals surface area contributed by atoms with E-state index in [1.54, 1.807) is 18.6 Å². The van der Waals surface area contributed by atoms with E-state index < -0.39 is 0 Å². The fourth-order valence-corrected chi connectivity index (χ4v) is 1.86. The molecule has 3 heteroatoms. The highest BCUT2D eigenvalue weighted by Gasteiger charge is 2.05. The summed E-state index contributed by atoms with van der Waals surface area (Å²) >= 11 is 0. The fourth-order valence-electron chi connectivity index (χ4n) is 1.86. The molecule has 18 heavy (non-hydrogen) atoms. The summed E-state index contributed by atoms with van der Waals surface area (Å²) in [6, 6.07) is 13.2. The molecular formula is C15H12O3. The molecular weight excluding hydrogens is 228 g/mol. The van der Waals surface area contributed by atoms with Gasteiger partial charge in [0.1, 0.15) is 6.61 Å². The zero-order chi connectivity index (χ0) is 12.4. The number of ether oxygens (including phenoxy) is 1. The minimum absolute atomic E-state index is 0.150. The van der Waals surface area contributed by atoms with Gasteiger partial charge in [0, 0.05) is 5.56 Å². The van der Waals surface area contributed by atoms with Gasteiger partial charge in [-0.1, -0.05) is 24.3 Å². The van der Waals surface area contributed by atoms with Gasteiger partial charge in [-0.3, -0.25) is 0 Å². The predicted molar refractivity (Wildman–Crippen MR) is 68.7 cm³/mol. The second kappa shape index (κ2) is 4.45. The number of aromatic hydroxyl groups is 1. The predicted octanol–water partition coefficient (Wildman–Crippen LogP) is 3.72. The molecule has 0 spiro atoms. The zero-order valence-corrected chi connectivity index (χ0v) is 9.67. The average Bonchev–Trinajstić information content (AvgIpc) is 2.89. The molecule has 1 aromatic heterocycles. The molecule has 1 heterocycles. The van der Waals surface area contributed by atoms with Crippen LogP contribution in [-0.2, 0) is 6.61 Å². The van der Waals surface area contributed by atoms with E-state index in [0.29, 0.717) is 12.4 Å². The van der Waals surface area contributed by atoms with Gasteiger partial charge in [-0.05, 0) is 29.0 Å². The number of benzene rings is 2. The molecule has 0 bridgehead atoms. The van der Waals surface area contributed by atoms with E-state index in [0.717, 1.165) is 16.3 Å². The number of phenolic OH excluding ortho intramolecular Hbond substituents is 1. The molecule has 0 aliphatic rings. The summed E-state index contributed by atoms with van der Waals surface area (Å²) in [6.45, 7) is 0.377. The SMILES string of the molecule is Oc1cc2ccccc2cc1OCc1ccoc1. The lowest BCUT2D eigenvalue weighted by atomic mass is 10.1. The number of fused-ring (bicyclic) bond motifs is 1. The van der Waals surface area contributed by atoms with Crippen molar-refractivity contribution in [3.8, 4) is 11.5 Å². The minimum atomic E-state index is 0.150. The molecule has 3 rings (SSSR count). The average molecular weight is 240 g/mol. The third-order valence-corrected chi connectivity index (χ3v) is 2.80. The van der Waals surface area contributed by atoms with Gasteiger partial charge in [-0.2, -0.15) is 0 Å². The number of hydrogen-bond donors (Lipinski definition) is 1. The lowest BCUT2D eigenvalue weighted by Gasteiger charge is -2.08. The second-order valence-electron chi connectivity index (χ2n) is 4.09. The highest BCUT2D eigenvalue weighted by atomic mass is 16.5. The Morgan fingerprint density at radius 2 is 1.83 bits per heavy atom. The molecule has 3 aromatic rings. The van der Waals surface area contributed by atoms with Crippen molar-refractivity contribution < 1.29 is 14.3 Å². The van der Waals surface area contributed by atoms with Crippen molar-refractivity contribution in [1.29, 1.82) is 0 Å². The van der Waals surface area contributed by atoms with Crippen molar-refractivity contribution in [2.45, 2.75) is 6.61 Å². The highest BCUT2D eigenvalue weighted by Crippen LogP contribution is 2.31. The van der Waals surface area contributed by atoms with Crippen LogP contribution in [0.4, 0.5) is 0 Å². The Hall–Kier alpha value is -2.42. The number of furan rings is 1. The Morgan fingerprint density at radius 1 is 1.06 bits per heavy atom. The quantitative estimate of drug-likeness (QED) is 0.758. The molecule has 0 saturated heterocycles. The Labute approximate surface area is 104 Å². The lowest BCUT2D eigenvalue weighted by molar-refractivity contribution is 0.288. The maximum Gasteiger partial charge on any atom is 0.162 e. The van der Waals surface area contributed by atoms with Gasteiger partial charge in [-0.15, -0.1) is 0 Å². The van der Waals surface area contributed by atoms with E-state index in [2.05, 4.69) is 0 Å². The van der Waals surface area contributed by atoms with E-state index in [4.69, 9.17) is 9.15 Å². The van der Waals surface area contributed by atoms with Crippen LogP contribution in [0.1, 0.15) is 5.56 Å². The van der Waals surface area contributed by atoms with Gasteiger partial charge in [0.25, 0.3) is 0 Å². The minimum Gasteiger partial charge on any atom is -0.504 e. The van der Waals surface area contributed by atoms with Gasteiger partial charge in [-0.25, -0.2) is 0 Å². The summed E-state index contributed by atoms with van der Waals surface area (Å²) in [6.07, 6.45) is 3.22. The van der Waals surface area contributed by atoms with Gasteiger partial charge in [0.15, 0.2) is 11.5 Å². The van der Waals surface area contributed by atoms with Crippen molar-refractivity contribution in [2.24, 2.45) is 0 Å². The first-order valence-electron chi connectivity index (χ1n) is 5.68. The summed E-state index contributed by atoms with van der Waals surface area (Å²) < 4.78 is 10.5. The first-order valence-corrected chi connectivity index (χ1v) is 5.68. The second-order valence-corrected chi connectivity index (χ2v) is 4.09. The molecule has 1 N–H and O–H groups in total. The largest absolute Gasteiger partial charge is 0.504 e. The van der Waals surface area contributed by atoms with E-state index in [-0.39, 0.29) is 5.75 Å². The molecule has 3 nitrogen and oxygen atoms in total. The smallest absolute Gasteiger partial charge is 0.162 e. The van der Waals surface area contributed by atoms with E-state index in [1.165, 1.54) is 0 Å². The number of hydrogen-bond acceptors (Lipinski definition) is 3. The molecule has 0 fully saturated rings.